The lowest BCUT2D eigenvalue weighted by Crippen LogP contribution is -2.16. The van der Waals surface area contributed by atoms with E-state index in [1.165, 1.54) is 5.56 Å². The zero-order valence-corrected chi connectivity index (χ0v) is 14.4. The standard InChI is InChI=1S/C22H17NO3/c1-14-2-8-20-18(10-14)23-19(12-24-20)16-5-3-15(4-6-16)17-7-9-21-22(11-17)26-13-25-21/h2-11H,12-13H2,1H3. The second kappa shape index (κ2) is 5.92. The molecule has 3 aromatic rings. The van der Waals surface area contributed by atoms with Crippen molar-refractivity contribution in [3.05, 3.63) is 71.8 Å². The monoisotopic (exact) mass is 343 g/mol. The van der Waals surface area contributed by atoms with Crippen molar-refractivity contribution >= 4 is 11.4 Å². The number of hydrogen-bond donors (Lipinski definition) is 0. The van der Waals surface area contributed by atoms with E-state index >= 15 is 0 Å². The van der Waals surface area contributed by atoms with Crippen LogP contribution < -0.4 is 14.2 Å². The van der Waals surface area contributed by atoms with Crippen LogP contribution in [0.3, 0.4) is 0 Å². The fourth-order valence-corrected chi connectivity index (χ4v) is 3.24. The molecule has 2 heterocycles. The highest BCUT2D eigenvalue weighted by atomic mass is 16.7. The van der Waals surface area contributed by atoms with Crippen molar-refractivity contribution in [2.75, 3.05) is 13.4 Å². The van der Waals surface area contributed by atoms with Crippen molar-refractivity contribution in [3.63, 3.8) is 0 Å². The molecule has 128 valence electrons. The lowest BCUT2D eigenvalue weighted by atomic mass is 10.0. The lowest BCUT2D eigenvalue weighted by molar-refractivity contribution is 0.174. The number of benzene rings is 3. The van der Waals surface area contributed by atoms with Crippen LogP contribution in [-0.2, 0) is 0 Å². The molecule has 0 unspecified atom stereocenters. The molecule has 2 aliphatic heterocycles. The number of hydrogen-bond acceptors (Lipinski definition) is 4. The molecule has 0 radical (unpaired) electrons. The first kappa shape index (κ1) is 15.0. The van der Waals surface area contributed by atoms with Gasteiger partial charge in [-0.1, -0.05) is 36.4 Å². The van der Waals surface area contributed by atoms with Gasteiger partial charge >= 0.3 is 0 Å². The van der Waals surface area contributed by atoms with Crippen molar-refractivity contribution in [1.82, 2.24) is 0 Å². The molecule has 0 aromatic heterocycles. The van der Waals surface area contributed by atoms with Crippen LogP contribution in [0.1, 0.15) is 11.1 Å². The largest absolute Gasteiger partial charge is 0.485 e. The minimum atomic E-state index is 0.290. The van der Waals surface area contributed by atoms with Gasteiger partial charge in [0, 0.05) is 0 Å². The summed E-state index contributed by atoms with van der Waals surface area (Å²) in [7, 11) is 0. The molecule has 0 atom stereocenters. The molecule has 0 saturated carbocycles. The Labute approximate surface area is 151 Å². The van der Waals surface area contributed by atoms with Crippen LogP contribution >= 0.6 is 0 Å². The molecule has 0 fully saturated rings. The first-order valence-electron chi connectivity index (χ1n) is 8.58. The summed E-state index contributed by atoms with van der Waals surface area (Å²) < 4.78 is 16.7. The smallest absolute Gasteiger partial charge is 0.231 e. The normalized spacial score (nSPS) is 14.4. The fraction of sp³-hybridized carbons (Fsp3) is 0.136. The molecule has 0 spiro atoms. The summed E-state index contributed by atoms with van der Waals surface area (Å²) in [4.78, 5) is 4.78. The van der Waals surface area contributed by atoms with Gasteiger partial charge in [-0.3, -0.25) is 0 Å². The van der Waals surface area contributed by atoms with Gasteiger partial charge in [0.15, 0.2) is 11.5 Å². The summed E-state index contributed by atoms with van der Waals surface area (Å²) >= 11 is 0. The highest BCUT2D eigenvalue weighted by molar-refractivity contribution is 6.04. The van der Waals surface area contributed by atoms with Crippen molar-refractivity contribution < 1.29 is 14.2 Å². The second-order valence-corrected chi connectivity index (χ2v) is 6.46. The third-order valence-corrected chi connectivity index (χ3v) is 4.66. The fourth-order valence-electron chi connectivity index (χ4n) is 3.24. The van der Waals surface area contributed by atoms with Gasteiger partial charge in [0.25, 0.3) is 0 Å². The number of aryl methyl sites for hydroxylation is 1. The molecule has 5 rings (SSSR count). The average molecular weight is 343 g/mol. The predicted molar refractivity (Wildman–Crippen MR) is 101 cm³/mol. The van der Waals surface area contributed by atoms with Crippen LogP contribution in [0.4, 0.5) is 5.69 Å². The Hall–Kier alpha value is -3.27. The molecule has 26 heavy (non-hydrogen) atoms. The van der Waals surface area contributed by atoms with Crippen LogP contribution in [0.25, 0.3) is 11.1 Å². The number of rotatable bonds is 2. The Morgan fingerprint density at radius 2 is 1.42 bits per heavy atom. The molecule has 2 aliphatic rings. The topological polar surface area (TPSA) is 40.0 Å². The molecule has 0 aliphatic carbocycles. The third-order valence-electron chi connectivity index (χ3n) is 4.66. The van der Waals surface area contributed by atoms with E-state index in [1.807, 2.05) is 30.3 Å². The van der Waals surface area contributed by atoms with Crippen molar-refractivity contribution in [1.29, 1.82) is 0 Å². The molecule has 3 aromatic carbocycles. The predicted octanol–water partition coefficient (Wildman–Crippen LogP) is 4.90. The molecule has 0 bridgehead atoms. The third kappa shape index (κ3) is 2.60. The van der Waals surface area contributed by atoms with E-state index in [-0.39, 0.29) is 0 Å². The molecule has 4 nitrogen and oxygen atoms in total. The van der Waals surface area contributed by atoms with Gasteiger partial charge in [-0.15, -0.1) is 0 Å². The summed E-state index contributed by atoms with van der Waals surface area (Å²) in [6.45, 7) is 2.84. The van der Waals surface area contributed by atoms with Crippen LogP contribution in [0.5, 0.6) is 17.2 Å². The highest BCUT2D eigenvalue weighted by Gasteiger charge is 2.16. The van der Waals surface area contributed by atoms with Gasteiger partial charge in [-0.05, 0) is 53.4 Å². The summed E-state index contributed by atoms with van der Waals surface area (Å²) in [5, 5.41) is 0. The van der Waals surface area contributed by atoms with E-state index in [2.05, 4.69) is 37.3 Å². The van der Waals surface area contributed by atoms with Gasteiger partial charge < -0.3 is 14.2 Å². The van der Waals surface area contributed by atoms with E-state index in [0.29, 0.717) is 13.4 Å². The molecule has 4 heteroatoms. The summed E-state index contributed by atoms with van der Waals surface area (Å²) in [5.41, 5.74) is 6.31. The Morgan fingerprint density at radius 1 is 0.692 bits per heavy atom. The van der Waals surface area contributed by atoms with E-state index in [1.54, 1.807) is 0 Å². The lowest BCUT2D eigenvalue weighted by Gasteiger charge is -2.17. The summed E-state index contributed by atoms with van der Waals surface area (Å²) in [5.74, 6) is 2.44. The highest BCUT2D eigenvalue weighted by Crippen LogP contribution is 2.36. The number of ether oxygens (including phenoxy) is 3. The average Bonchev–Trinajstić information content (AvgIpc) is 3.15. The maximum absolute atomic E-state index is 5.85. The van der Waals surface area contributed by atoms with Crippen LogP contribution in [0.15, 0.2) is 65.7 Å². The van der Waals surface area contributed by atoms with Crippen LogP contribution in [-0.4, -0.2) is 19.1 Å². The molecule has 0 saturated heterocycles. The Balaban J connectivity index is 1.45. The summed E-state index contributed by atoms with van der Waals surface area (Å²) in [6.07, 6.45) is 0. The zero-order valence-electron chi connectivity index (χ0n) is 14.4. The van der Waals surface area contributed by atoms with Gasteiger partial charge in [-0.2, -0.15) is 0 Å². The number of nitrogens with zero attached hydrogens (tertiary/aromatic N) is 1. The van der Waals surface area contributed by atoms with Gasteiger partial charge in [0.05, 0.1) is 5.71 Å². The summed E-state index contributed by atoms with van der Waals surface area (Å²) in [6, 6.07) is 20.4. The molecule has 0 amide bonds. The molecular weight excluding hydrogens is 326 g/mol. The van der Waals surface area contributed by atoms with Gasteiger partial charge in [-0.25, -0.2) is 4.99 Å². The minimum absolute atomic E-state index is 0.290. The minimum Gasteiger partial charge on any atom is -0.485 e. The molecule has 0 N–H and O–H groups in total. The van der Waals surface area contributed by atoms with Crippen molar-refractivity contribution in [2.45, 2.75) is 6.92 Å². The quantitative estimate of drug-likeness (QED) is 0.664. The van der Waals surface area contributed by atoms with E-state index < -0.39 is 0 Å². The van der Waals surface area contributed by atoms with E-state index in [4.69, 9.17) is 19.2 Å². The van der Waals surface area contributed by atoms with Gasteiger partial charge in [0.1, 0.15) is 18.0 Å². The zero-order chi connectivity index (χ0) is 17.5. The van der Waals surface area contributed by atoms with Crippen LogP contribution in [0, 0.1) is 6.92 Å². The SMILES string of the molecule is Cc1ccc2c(c1)N=C(c1ccc(-c3ccc4c(c3)OCO4)cc1)CO2. The first-order valence-corrected chi connectivity index (χ1v) is 8.58. The van der Waals surface area contributed by atoms with Crippen LogP contribution in [0.2, 0.25) is 0 Å². The van der Waals surface area contributed by atoms with E-state index in [9.17, 15) is 0 Å². The maximum Gasteiger partial charge on any atom is 0.231 e. The first-order chi connectivity index (χ1) is 12.8. The van der Waals surface area contributed by atoms with E-state index in [0.717, 1.165) is 45.3 Å². The van der Waals surface area contributed by atoms with Crippen molar-refractivity contribution in [2.24, 2.45) is 4.99 Å². The van der Waals surface area contributed by atoms with Crippen molar-refractivity contribution in [3.8, 4) is 28.4 Å². The Morgan fingerprint density at radius 3 is 2.31 bits per heavy atom. The maximum atomic E-state index is 5.85. The van der Waals surface area contributed by atoms with Gasteiger partial charge in [0.2, 0.25) is 6.79 Å². The second-order valence-electron chi connectivity index (χ2n) is 6.46. The Kier molecular flexibility index (Phi) is 3.42. The Bertz CT molecular complexity index is 1020. The molecular formula is C22H17NO3. The number of fused-ring (bicyclic) bond motifs is 2. The number of aliphatic imine (C=N–C) groups is 1.